The molecular formula is C21H24ClN3O6S. The fourth-order valence-electron chi connectivity index (χ4n) is 2.88. The van der Waals surface area contributed by atoms with Crippen LogP contribution < -0.4 is 10.1 Å². The predicted molar refractivity (Wildman–Crippen MR) is 123 cm³/mol. The normalized spacial score (nSPS) is 11.7. The van der Waals surface area contributed by atoms with E-state index in [0.29, 0.717) is 31.0 Å². The molecule has 11 heteroatoms. The first-order valence-electron chi connectivity index (χ1n) is 9.84. The topological polar surface area (TPSA) is 119 Å². The standard InChI is InChI=1S/C21H24ClN3O6S/c1-4-24(5-2)32(29,30)16-9-11-20(31-6-3)18(14-16)23-21(26)12-8-15-7-10-17(22)19(13-15)25(27)28/h7-14H,4-6H2,1-3H3,(H,23,26)/b12-8+. The van der Waals surface area contributed by atoms with Gasteiger partial charge in [0, 0.05) is 25.2 Å². The van der Waals surface area contributed by atoms with Gasteiger partial charge in [0.05, 0.1) is 22.1 Å². The molecule has 0 fully saturated rings. The number of sulfonamides is 1. The van der Waals surface area contributed by atoms with Crippen LogP contribution in [0.2, 0.25) is 5.02 Å². The third kappa shape index (κ3) is 6.06. The van der Waals surface area contributed by atoms with Crippen molar-refractivity contribution < 1.29 is 22.9 Å². The molecule has 2 rings (SSSR count). The van der Waals surface area contributed by atoms with E-state index in [-0.39, 0.29) is 21.3 Å². The number of benzene rings is 2. The van der Waals surface area contributed by atoms with Gasteiger partial charge in [-0.1, -0.05) is 31.5 Å². The van der Waals surface area contributed by atoms with E-state index < -0.39 is 20.9 Å². The Balaban J connectivity index is 2.32. The predicted octanol–water partition coefficient (Wildman–Crippen LogP) is 4.33. The molecule has 1 amide bonds. The summed E-state index contributed by atoms with van der Waals surface area (Å²) < 4.78 is 32.4. The molecule has 0 aliphatic heterocycles. The fourth-order valence-corrected chi connectivity index (χ4v) is 4.55. The zero-order valence-electron chi connectivity index (χ0n) is 17.9. The van der Waals surface area contributed by atoms with E-state index >= 15 is 0 Å². The molecule has 1 N–H and O–H groups in total. The van der Waals surface area contributed by atoms with Crippen molar-refractivity contribution in [2.24, 2.45) is 0 Å². The van der Waals surface area contributed by atoms with Crippen LogP contribution in [0.15, 0.2) is 47.4 Å². The highest BCUT2D eigenvalue weighted by Crippen LogP contribution is 2.30. The minimum atomic E-state index is -3.73. The van der Waals surface area contributed by atoms with Gasteiger partial charge >= 0.3 is 0 Å². The first-order valence-corrected chi connectivity index (χ1v) is 11.7. The molecule has 0 heterocycles. The minimum absolute atomic E-state index is 0.0100. The van der Waals surface area contributed by atoms with E-state index in [1.807, 2.05) is 0 Å². The summed E-state index contributed by atoms with van der Waals surface area (Å²) in [7, 11) is -3.73. The number of carbonyl (C=O) groups excluding carboxylic acids is 1. The maximum absolute atomic E-state index is 12.8. The van der Waals surface area contributed by atoms with Gasteiger partial charge in [-0.3, -0.25) is 14.9 Å². The number of hydrogen-bond acceptors (Lipinski definition) is 6. The van der Waals surface area contributed by atoms with E-state index in [9.17, 15) is 23.3 Å². The van der Waals surface area contributed by atoms with Crippen LogP contribution in [0.5, 0.6) is 5.75 Å². The Morgan fingerprint density at radius 1 is 1.19 bits per heavy atom. The summed E-state index contributed by atoms with van der Waals surface area (Å²) in [4.78, 5) is 22.9. The van der Waals surface area contributed by atoms with Gasteiger partial charge in [0.15, 0.2) is 0 Å². The van der Waals surface area contributed by atoms with Crippen LogP contribution in [-0.2, 0) is 14.8 Å². The third-order valence-electron chi connectivity index (χ3n) is 4.45. The SMILES string of the molecule is CCOc1ccc(S(=O)(=O)N(CC)CC)cc1NC(=O)/C=C/c1ccc(Cl)c([N+](=O)[O-])c1. The average Bonchev–Trinajstić information content (AvgIpc) is 2.75. The maximum Gasteiger partial charge on any atom is 0.288 e. The van der Waals surface area contributed by atoms with E-state index in [2.05, 4.69) is 5.32 Å². The number of nitrogens with one attached hydrogen (secondary N) is 1. The third-order valence-corrected chi connectivity index (χ3v) is 6.81. The molecule has 0 saturated heterocycles. The average molecular weight is 482 g/mol. The van der Waals surface area contributed by atoms with E-state index in [0.717, 1.165) is 0 Å². The Morgan fingerprint density at radius 3 is 2.47 bits per heavy atom. The van der Waals surface area contributed by atoms with Gasteiger partial charge in [-0.25, -0.2) is 8.42 Å². The smallest absolute Gasteiger partial charge is 0.288 e. The maximum atomic E-state index is 12.8. The second-order valence-electron chi connectivity index (χ2n) is 6.47. The van der Waals surface area contributed by atoms with Crippen molar-refractivity contribution in [1.29, 1.82) is 0 Å². The van der Waals surface area contributed by atoms with Crippen LogP contribution in [0.25, 0.3) is 6.08 Å². The highest BCUT2D eigenvalue weighted by atomic mass is 35.5. The largest absolute Gasteiger partial charge is 0.492 e. The Morgan fingerprint density at radius 2 is 1.88 bits per heavy atom. The number of ether oxygens (including phenoxy) is 1. The number of halogens is 1. The van der Waals surface area contributed by atoms with Crippen molar-refractivity contribution in [3.8, 4) is 5.75 Å². The van der Waals surface area contributed by atoms with Crippen LogP contribution in [0.3, 0.4) is 0 Å². The van der Waals surface area contributed by atoms with Crippen molar-refractivity contribution in [1.82, 2.24) is 4.31 Å². The molecule has 0 bridgehead atoms. The Bertz CT molecular complexity index is 1130. The van der Waals surface area contributed by atoms with Crippen LogP contribution >= 0.6 is 11.6 Å². The van der Waals surface area contributed by atoms with E-state index in [1.54, 1.807) is 20.8 Å². The Hall–Kier alpha value is -2.95. The van der Waals surface area contributed by atoms with Crippen molar-refractivity contribution in [3.05, 3.63) is 63.2 Å². The molecule has 0 unspecified atom stereocenters. The molecule has 0 saturated carbocycles. The second-order valence-corrected chi connectivity index (χ2v) is 8.82. The summed E-state index contributed by atoms with van der Waals surface area (Å²) in [5.41, 5.74) is 0.318. The minimum Gasteiger partial charge on any atom is -0.492 e. The van der Waals surface area contributed by atoms with Crippen LogP contribution in [0, 0.1) is 10.1 Å². The molecule has 2 aromatic carbocycles. The summed E-state index contributed by atoms with van der Waals surface area (Å²) in [6.45, 7) is 6.18. The second kappa shape index (κ2) is 11.1. The number of anilines is 1. The van der Waals surface area contributed by atoms with Crippen molar-refractivity contribution >= 4 is 45.0 Å². The number of rotatable bonds is 10. The van der Waals surface area contributed by atoms with Gasteiger partial charge in [0.1, 0.15) is 10.8 Å². The lowest BCUT2D eigenvalue weighted by Crippen LogP contribution is -2.30. The lowest BCUT2D eigenvalue weighted by Gasteiger charge is -2.19. The molecule has 0 atom stereocenters. The number of nitro benzene ring substituents is 1. The van der Waals surface area contributed by atoms with E-state index in [1.165, 1.54) is 52.9 Å². The fraction of sp³-hybridized carbons (Fsp3) is 0.286. The molecule has 0 spiro atoms. The van der Waals surface area contributed by atoms with Gasteiger partial charge < -0.3 is 10.1 Å². The molecule has 0 aliphatic rings. The van der Waals surface area contributed by atoms with Gasteiger partial charge in [0.25, 0.3) is 5.69 Å². The quantitative estimate of drug-likeness (QED) is 0.306. The number of nitro groups is 1. The molecule has 2 aromatic rings. The number of amides is 1. The summed E-state index contributed by atoms with van der Waals surface area (Å²) in [6.07, 6.45) is 2.56. The summed E-state index contributed by atoms with van der Waals surface area (Å²) in [5, 5.41) is 13.6. The molecular weight excluding hydrogens is 458 g/mol. The van der Waals surface area contributed by atoms with E-state index in [4.69, 9.17) is 16.3 Å². The summed E-state index contributed by atoms with van der Waals surface area (Å²) in [5.74, 6) is -0.254. The molecule has 172 valence electrons. The Kier molecular flexibility index (Phi) is 8.76. The zero-order chi connectivity index (χ0) is 23.9. The molecule has 0 aliphatic carbocycles. The van der Waals surface area contributed by atoms with Gasteiger partial charge in [-0.15, -0.1) is 0 Å². The Labute approximate surface area is 191 Å². The molecule has 0 radical (unpaired) electrons. The number of hydrogen-bond donors (Lipinski definition) is 1. The van der Waals surface area contributed by atoms with Crippen molar-refractivity contribution in [2.75, 3.05) is 25.0 Å². The highest BCUT2D eigenvalue weighted by molar-refractivity contribution is 7.89. The first kappa shape index (κ1) is 25.3. The van der Waals surface area contributed by atoms with Crippen molar-refractivity contribution in [2.45, 2.75) is 25.7 Å². The lowest BCUT2D eigenvalue weighted by molar-refractivity contribution is -0.384. The van der Waals surface area contributed by atoms with Gasteiger partial charge in [0.2, 0.25) is 15.9 Å². The number of nitrogens with zero attached hydrogens (tertiary/aromatic N) is 2. The van der Waals surface area contributed by atoms with Crippen LogP contribution in [-0.4, -0.2) is 43.2 Å². The van der Waals surface area contributed by atoms with Crippen LogP contribution in [0.1, 0.15) is 26.3 Å². The highest BCUT2D eigenvalue weighted by Gasteiger charge is 2.23. The summed E-state index contributed by atoms with van der Waals surface area (Å²) >= 11 is 5.79. The lowest BCUT2D eigenvalue weighted by atomic mass is 10.2. The van der Waals surface area contributed by atoms with Crippen molar-refractivity contribution in [3.63, 3.8) is 0 Å². The molecule has 9 nitrogen and oxygen atoms in total. The first-order chi connectivity index (χ1) is 15.1. The number of carbonyl (C=O) groups is 1. The molecule has 32 heavy (non-hydrogen) atoms. The van der Waals surface area contributed by atoms with Gasteiger partial charge in [-0.2, -0.15) is 4.31 Å². The summed E-state index contributed by atoms with van der Waals surface area (Å²) in [6, 6.07) is 8.40. The van der Waals surface area contributed by atoms with Gasteiger partial charge in [-0.05, 0) is 42.8 Å². The monoisotopic (exact) mass is 481 g/mol. The molecule has 0 aromatic heterocycles. The zero-order valence-corrected chi connectivity index (χ0v) is 19.4. The van der Waals surface area contributed by atoms with Crippen LogP contribution in [0.4, 0.5) is 11.4 Å².